The highest BCUT2D eigenvalue weighted by molar-refractivity contribution is 6.31. The van der Waals surface area contributed by atoms with Gasteiger partial charge >= 0.3 is 0 Å². The first-order valence-corrected chi connectivity index (χ1v) is 8.96. The molecular formula is C20H12ClFN4O3. The summed E-state index contributed by atoms with van der Waals surface area (Å²) < 4.78 is 31.1. The zero-order chi connectivity index (χ0) is 20.1. The van der Waals surface area contributed by atoms with E-state index in [-0.39, 0.29) is 34.7 Å². The number of nitriles is 1. The van der Waals surface area contributed by atoms with Crippen LogP contribution in [0.1, 0.15) is 17.0 Å². The monoisotopic (exact) mass is 410 g/mol. The van der Waals surface area contributed by atoms with Crippen molar-refractivity contribution in [3.63, 3.8) is 0 Å². The van der Waals surface area contributed by atoms with Crippen molar-refractivity contribution in [3.8, 4) is 34.7 Å². The van der Waals surface area contributed by atoms with Crippen LogP contribution in [0.4, 0.5) is 4.39 Å². The number of aromatic amines is 1. The molecule has 0 fully saturated rings. The summed E-state index contributed by atoms with van der Waals surface area (Å²) in [4.78, 5) is 0. The van der Waals surface area contributed by atoms with E-state index >= 15 is 0 Å². The van der Waals surface area contributed by atoms with Gasteiger partial charge in [0.2, 0.25) is 18.6 Å². The highest BCUT2D eigenvalue weighted by Crippen LogP contribution is 2.48. The number of nitrogens with zero attached hydrogens (tertiary/aromatic N) is 2. The maximum atomic E-state index is 14.8. The summed E-state index contributed by atoms with van der Waals surface area (Å²) in [5, 5.41) is 17.0. The number of allylic oxidation sites excluding steroid dienone is 1. The van der Waals surface area contributed by atoms with Gasteiger partial charge in [0.15, 0.2) is 11.5 Å². The number of H-pyrrole nitrogens is 1. The van der Waals surface area contributed by atoms with Crippen LogP contribution in [0.5, 0.6) is 17.4 Å². The normalized spacial score (nSPS) is 16.9. The zero-order valence-corrected chi connectivity index (χ0v) is 15.5. The van der Waals surface area contributed by atoms with E-state index in [1.54, 1.807) is 24.3 Å². The van der Waals surface area contributed by atoms with E-state index in [4.69, 9.17) is 31.5 Å². The van der Waals surface area contributed by atoms with E-state index in [0.717, 1.165) is 0 Å². The van der Waals surface area contributed by atoms with Crippen LogP contribution >= 0.6 is 11.6 Å². The van der Waals surface area contributed by atoms with Gasteiger partial charge in [0.1, 0.15) is 17.5 Å². The molecule has 2 aliphatic rings. The van der Waals surface area contributed by atoms with E-state index in [0.29, 0.717) is 28.3 Å². The van der Waals surface area contributed by atoms with Crippen LogP contribution < -0.4 is 19.9 Å². The Hall–Kier alpha value is -3.70. The Morgan fingerprint density at radius 1 is 1.21 bits per heavy atom. The molecule has 5 rings (SSSR count). The first kappa shape index (κ1) is 17.4. The van der Waals surface area contributed by atoms with Gasteiger partial charge in [0, 0.05) is 16.1 Å². The van der Waals surface area contributed by atoms with Gasteiger partial charge in [-0.1, -0.05) is 17.7 Å². The van der Waals surface area contributed by atoms with Crippen molar-refractivity contribution >= 4 is 11.6 Å². The number of benzene rings is 2. The van der Waals surface area contributed by atoms with Crippen LogP contribution in [0, 0.1) is 17.1 Å². The van der Waals surface area contributed by atoms with Crippen LogP contribution in [0.2, 0.25) is 5.02 Å². The van der Waals surface area contributed by atoms with E-state index in [2.05, 4.69) is 10.2 Å². The van der Waals surface area contributed by atoms with Gasteiger partial charge in [-0.3, -0.25) is 5.10 Å². The fraction of sp³-hybridized carbons (Fsp3) is 0.100. The fourth-order valence-corrected chi connectivity index (χ4v) is 3.86. The molecule has 0 saturated heterocycles. The predicted molar refractivity (Wildman–Crippen MR) is 101 cm³/mol. The van der Waals surface area contributed by atoms with Gasteiger partial charge < -0.3 is 19.9 Å². The summed E-state index contributed by atoms with van der Waals surface area (Å²) in [5.41, 5.74) is 7.79. The van der Waals surface area contributed by atoms with Crippen LogP contribution in [0.3, 0.4) is 0 Å². The van der Waals surface area contributed by atoms with Crippen molar-refractivity contribution < 1.29 is 18.6 Å². The van der Waals surface area contributed by atoms with Crippen LogP contribution in [-0.2, 0) is 0 Å². The maximum Gasteiger partial charge on any atom is 0.244 e. The minimum absolute atomic E-state index is 0.0490. The lowest BCUT2D eigenvalue weighted by Gasteiger charge is -2.25. The second kappa shape index (κ2) is 6.43. The Morgan fingerprint density at radius 3 is 2.83 bits per heavy atom. The fourth-order valence-electron chi connectivity index (χ4n) is 3.59. The molecule has 144 valence electrons. The molecule has 3 heterocycles. The molecule has 3 aromatic rings. The quantitative estimate of drug-likeness (QED) is 0.665. The molecule has 7 nitrogen and oxygen atoms in total. The van der Waals surface area contributed by atoms with Crippen LogP contribution in [0.15, 0.2) is 47.9 Å². The second-order valence-electron chi connectivity index (χ2n) is 6.45. The highest BCUT2D eigenvalue weighted by Gasteiger charge is 2.38. The third-order valence-electron chi connectivity index (χ3n) is 4.89. The summed E-state index contributed by atoms with van der Waals surface area (Å²) in [7, 11) is 0. The van der Waals surface area contributed by atoms with Gasteiger partial charge in [-0.2, -0.15) is 5.26 Å². The largest absolute Gasteiger partial charge is 0.454 e. The topological polar surface area (TPSA) is 106 Å². The third kappa shape index (κ3) is 2.59. The zero-order valence-electron chi connectivity index (χ0n) is 14.7. The molecule has 0 saturated carbocycles. The molecule has 2 aliphatic heterocycles. The van der Waals surface area contributed by atoms with Gasteiger partial charge in [-0.15, -0.1) is 5.10 Å². The molecule has 0 aliphatic carbocycles. The maximum absolute atomic E-state index is 14.8. The van der Waals surface area contributed by atoms with Crippen LogP contribution in [-0.4, -0.2) is 17.0 Å². The lowest BCUT2D eigenvalue weighted by atomic mass is 9.82. The number of aromatic nitrogens is 2. The lowest BCUT2D eigenvalue weighted by Crippen LogP contribution is -2.21. The number of hydrogen-bond acceptors (Lipinski definition) is 6. The number of ether oxygens (including phenoxy) is 3. The van der Waals surface area contributed by atoms with Gasteiger partial charge in [-0.05, 0) is 30.3 Å². The number of nitrogens with one attached hydrogen (secondary N) is 1. The highest BCUT2D eigenvalue weighted by atomic mass is 35.5. The van der Waals surface area contributed by atoms with Crippen LogP contribution in [0.25, 0.3) is 11.3 Å². The molecule has 0 spiro atoms. The van der Waals surface area contributed by atoms with E-state index in [1.165, 1.54) is 12.1 Å². The van der Waals surface area contributed by atoms with Crippen molar-refractivity contribution in [1.29, 1.82) is 5.26 Å². The number of nitrogens with two attached hydrogens (primary N) is 1. The summed E-state index contributed by atoms with van der Waals surface area (Å²) >= 11 is 6.32. The van der Waals surface area contributed by atoms with Crippen molar-refractivity contribution in [1.82, 2.24) is 10.2 Å². The smallest absolute Gasteiger partial charge is 0.244 e. The molecular weight excluding hydrogens is 399 g/mol. The van der Waals surface area contributed by atoms with Gasteiger partial charge in [0.25, 0.3) is 0 Å². The molecule has 1 atom stereocenters. The molecule has 3 N–H and O–H groups in total. The van der Waals surface area contributed by atoms with Crippen molar-refractivity contribution in [2.75, 3.05) is 6.79 Å². The minimum atomic E-state index is -0.892. The van der Waals surface area contributed by atoms with Crippen molar-refractivity contribution in [2.45, 2.75) is 5.92 Å². The summed E-state index contributed by atoms with van der Waals surface area (Å²) in [6, 6.07) is 11.7. The lowest BCUT2D eigenvalue weighted by molar-refractivity contribution is 0.174. The number of hydrogen-bond donors (Lipinski definition) is 2. The molecule has 0 unspecified atom stereocenters. The Morgan fingerprint density at radius 2 is 2.03 bits per heavy atom. The molecule has 2 aromatic carbocycles. The van der Waals surface area contributed by atoms with Gasteiger partial charge in [-0.25, -0.2) is 4.39 Å². The molecule has 9 heteroatoms. The Kier molecular flexibility index (Phi) is 3.86. The predicted octanol–water partition coefficient (Wildman–Crippen LogP) is 3.82. The average molecular weight is 411 g/mol. The van der Waals surface area contributed by atoms with Crippen molar-refractivity contribution in [2.24, 2.45) is 5.73 Å². The Bertz CT molecular complexity index is 1210. The average Bonchev–Trinajstić information content (AvgIpc) is 3.33. The molecule has 0 radical (unpaired) electrons. The molecule has 0 amide bonds. The van der Waals surface area contributed by atoms with Gasteiger partial charge in [0.05, 0.1) is 17.2 Å². The van der Waals surface area contributed by atoms with E-state index < -0.39 is 11.7 Å². The first-order chi connectivity index (χ1) is 14.1. The Labute approximate surface area is 169 Å². The van der Waals surface area contributed by atoms with E-state index in [9.17, 15) is 9.65 Å². The SMILES string of the molecule is N#CC1=C(N)Oc2n[nH]c(-c3ccc4c(c3)OCO4)c2[C@@H]1c1c(F)cccc1Cl. The second-order valence-corrected chi connectivity index (χ2v) is 6.85. The standard InChI is InChI=1S/C20H12ClFN4O3/c21-11-2-1-3-12(22)16(11)15-10(7-23)19(24)29-20-17(15)18(25-26-20)9-4-5-13-14(6-9)28-8-27-13/h1-6,15H,8,24H2,(H,25,26)/t15-/m0/s1. The first-order valence-electron chi connectivity index (χ1n) is 8.58. The minimum Gasteiger partial charge on any atom is -0.454 e. The Balaban J connectivity index is 1.75. The third-order valence-corrected chi connectivity index (χ3v) is 5.22. The molecule has 0 bridgehead atoms. The molecule has 29 heavy (non-hydrogen) atoms. The van der Waals surface area contributed by atoms with E-state index in [1.807, 2.05) is 6.07 Å². The van der Waals surface area contributed by atoms with Crippen molar-refractivity contribution in [3.05, 3.63) is 69.8 Å². The number of rotatable bonds is 2. The molecule has 1 aromatic heterocycles. The summed E-state index contributed by atoms with van der Waals surface area (Å²) in [6.45, 7) is 0.133. The summed E-state index contributed by atoms with van der Waals surface area (Å²) in [5.74, 6) is -0.260. The number of fused-ring (bicyclic) bond motifs is 2. The summed E-state index contributed by atoms with van der Waals surface area (Å²) in [6.07, 6.45) is 0. The number of halogens is 2.